The van der Waals surface area contributed by atoms with E-state index < -0.39 is 17.5 Å². The molecular formula is C23H29F2N3O3S. The van der Waals surface area contributed by atoms with Crippen LogP contribution >= 0.6 is 11.3 Å². The number of thiazole rings is 1. The third kappa shape index (κ3) is 4.59. The molecule has 2 aromatic rings. The Morgan fingerprint density at radius 2 is 2.00 bits per heavy atom. The molecule has 9 heteroatoms. The topological polar surface area (TPSA) is 63.7 Å². The van der Waals surface area contributed by atoms with Crippen molar-refractivity contribution in [1.82, 2.24) is 4.98 Å². The molecule has 32 heavy (non-hydrogen) atoms. The fourth-order valence-electron chi connectivity index (χ4n) is 4.28. The monoisotopic (exact) mass is 465 g/mol. The van der Waals surface area contributed by atoms with E-state index in [1.165, 1.54) is 11.3 Å². The van der Waals surface area contributed by atoms with E-state index >= 15 is 0 Å². The van der Waals surface area contributed by atoms with Crippen LogP contribution in [0.4, 0.5) is 19.6 Å². The molecule has 2 atom stereocenters. The number of hydrogen-bond acceptors (Lipinski definition) is 6. The van der Waals surface area contributed by atoms with Crippen LogP contribution in [0.1, 0.15) is 55.4 Å². The summed E-state index contributed by atoms with van der Waals surface area (Å²) in [7, 11) is 1.68. The lowest BCUT2D eigenvalue weighted by molar-refractivity contribution is -0.0167. The van der Waals surface area contributed by atoms with E-state index in [0.717, 1.165) is 41.4 Å². The highest BCUT2D eigenvalue weighted by Crippen LogP contribution is 2.36. The summed E-state index contributed by atoms with van der Waals surface area (Å²) in [6.45, 7) is 7.45. The molecule has 0 spiro atoms. The van der Waals surface area contributed by atoms with Crippen molar-refractivity contribution in [3.63, 3.8) is 0 Å². The van der Waals surface area contributed by atoms with Gasteiger partial charge in [-0.05, 0) is 38.5 Å². The van der Waals surface area contributed by atoms with Gasteiger partial charge in [0.15, 0.2) is 22.5 Å². The van der Waals surface area contributed by atoms with Gasteiger partial charge in [0, 0.05) is 29.8 Å². The van der Waals surface area contributed by atoms with Gasteiger partial charge in [-0.1, -0.05) is 13.8 Å². The van der Waals surface area contributed by atoms with E-state index in [4.69, 9.17) is 9.47 Å². The van der Waals surface area contributed by atoms with Crippen molar-refractivity contribution in [1.29, 1.82) is 0 Å². The van der Waals surface area contributed by atoms with E-state index in [-0.39, 0.29) is 28.8 Å². The Morgan fingerprint density at radius 1 is 1.31 bits per heavy atom. The van der Waals surface area contributed by atoms with Crippen molar-refractivity contribution in [3.8, 4) is 5.75 Å². The number of methoxy groups -OCH3 is 1. The summed E-state index contributed by atoms with van der Waals surface area (Å²) in [6.07, 6.45) is 3.00. The average Bonchev–Trinajstić information content (AvgIpc) is 3.34. The molecule has 1 aliphatic carbocycles. The number of halogens is 2. The van der Waals surface area contributed by atoms with Gasteiger partial charge in [-0.15, -0.1) is 11.3 Å². The second-order valence-corrected chi connectivity index (χ2v) is 10.1. The fourth-order valence-corrected chi connectivity index (χ4v) is 5.28. The van der Waals surface area contributed by atoms with E-state index in [9.17, 15) is 13.6 Å². The van der Waals surface area contributed by atoms with Gasteiger partial charge < -0.3 is 19.7 Å². The molecule has 2 fully saturated rings. The molecule has 1 amide bonds. The third-order valence-corrected chi connectivity index (χ3v) is 7.48. The summed E-state index contributed by atoms with van der Waals surface area (Å²) >= 11 is 1.45. The van der Waals surface area contributed by atoms with Gasteiger partial charge in [-0.3, -0.25) is 4.79 Å². The molecule has 0 radical (unpaired) electrons. The molecule has 1 aromatic heterocycles. The van der Waals surface area contributed by atoms with Crippen LogP contribution in [0, 0.1) is 17.6 Å². The second-order valence-electron chi connectivity index (χ2n) is 9.01. The molecule has 1 saturated carbocycles. The lowest BCUT2D eigenvalue weighted by atomic mass is 9.97. The zero-order valence-corrected chi connectivity index (χ0v) is 19.7. The predicted octanol–water partition coefficient (Wildman–Crippen LogP) is 5.03. The lowest BCUT2D eigenvalue weighted by Crippen LogP contribution is -2.61. The van der Waals surface area contributed by atoms with Gasteiger partial charge >= 0.3 is 0 Å². The van der Waals surface area contributed by atoms with Gasteiger partial charge in [0.25, 0.3) is 5.91 Å². The highest BCUT2D eigenvalue weighted by Gasteiger charge is 2.40. The maximum absolute atomic E-state index is 14.6. The number of nitrogens with one attached hydrogen (secondary N) is 1. The summed E-state index contributed by atoms with van der Waals surface area (Å²) in [5.74, 6) is -2.04. The number of benzene rings is 1. The summed E-state index contributed by atoms with van der Waals surface area (Å²) in [4.78, 5) is 20.2. The molecular weight excluding hydrogens is 436 g/mol. The number of aryl methyl sites for hydroxylation is 1. The molecule has 2 heterocycles. The number of anilines is 2. The predicted molar refractivity (Wildman–Crippen MR) is 121 cm³/mol. The SMILES string of the molecule is CCc1sc(N2CC(C)(OC)C2)nc1C(=O)Nc1cc(F)c(OC2CCC(C)C2)c(F)c1. The van der Waals surface area contributed by atoms with E-state index in [0.29, 0.717) is 25.4 Å². The molecule has 4 rings (SSSR count). The van der Waals surface area contributed by atoms with Gasteiger partial charge in [0.2, 0.25) is 0 Å². The van der Waals surface area contributed by atoms with Crippen LogP contribution in [0.2, 0.25) is 0 Å². The Hall–Kier alpha value is -2.26. The Morgan fingerprint density at radius 3 is 2.56 bits per heavy atom. The van der Waals surface area contributed by atoms with Crippen molar-refractivity contribution < 1.29 is 23.0 Å². The summed E-state index contributed by atoms with van der Waals surface area (Å²) in [6, 6.07) is 2.18. The zero-order valence-electron chi connectivity index (χ0n) is 18.8. The second kappa shape index (κ2) is 8.94. The van der Waals surface area contributed by atoms with Crippen molar-refractivity contribution in [2.75, 3.05) is 30.4 Å². The smallest absolute Gasteiger partial charge is 0.275 e. The highest BCUT2D eigenvalue weighted by atomic mass is 32.1. The fraction of sp³-hybridized carbons (Fsp3) is 0.565. The number of carbonyl (C=O) groups excluding carboxylic acids is 1. The Balaban J connectivity index is 1.47. The molecule has 174 valence electrons. The molecule has 1 N–H and O–H groups in total. The first-order valence-electron chi connectivity index (χ1n) is 11.0. The van der Waals surface area contributed by atoms with Crippen LogP contribution in [0.5, 0.6) is 5.75 Å². The minimum Gasteiger partial charge on any atom is -0.484 e. The first-order valence-corrected chi connectivity index (χ1v) is 11.8. The van der Waals surface area contributed by atoms with Crippen LogP contribution in [-0.4, -0.2) is 42.8 Å². The van der Waals surface area contributed by atoms with Gasteiger partial charge in [-0.2, -0.15) is 0 Å². The van der Waals surface area contributed by atoms with Crippen molar-refractivity contribution in [3.05, 3.63) is 34.3 Å². The average molecular weight is 466 g/mol. The van der Waals surface area contributed by atoms with Crippen LogP contribution in [0.25, 0.3) is 0 Å². The lowest BCUT2D eigenvalue weighted by Gasteiger charge is -2.46. The molecule has 0 bridgehead atoms. The van der Waals surface area contributed by atoms with E-state index in [2.05, 4.69) is 22.1 Å². The number of ether oxygens (including phenoxy) is 2. The molecule has 6 nitrogen and oxygen atoms in total. The van der Waals surface area contributed by atoms with Crippen LogP contribution in [0.15, 0.2) is 12.1 Å². The van der Waals surface area contributed by atoms with Crippen molar-refractivity contribution in [2.24, 2.45) is 5.92 Å². The number of amides is 1. The largest absolute Gasteiger partial charge is 0.484 e. The summed E-state index contributed by atoms with van der Waals surface area (Å²) < 4.78 is 40.2. The maximum Gasteiger partial charge on any atom is 0.275 e. The number of hydrogen-bond donors (Lipinski definition) is 1. The van der Waals surface area contributed by atoms with E-state index in [1.54, 1.807) is 7.11 Å². The quantitative estimate of drug-likeness (QED) is 0.622. The first-order chi connectivity index (χ1) is 15.2. The van der Waals surface area contributed by atoms with Crippen molar-refractivity contribution in [2.45, 2.75) is 58.2 Å². The maximum atomic E-state index is 14.6. The molecule has 1 aromatic carbocycles. The van der Waals surface area contributed by atoms with Gasteiger partial charge in [0.1, 0.15) is 5.69 Å². The van der Waals surface area contributed by atoms with Crippen LogP contribution in [-0.2, 0) is 11.2 Å². The molecule has 2 unspecified atom stereocenters. The Kier molecular flexibility index (Phi) is 6.40. The number of nitrogens with zero attached hydrogens (tertiary/aromatic N) is 2. The summed E-state index contributed by atoms with van der Waals surface area (Å²) in [5.41, 5.74) is 0.0971. The molecule has 1 saturated heterocycles. The van der Waals surface area contributed by atoms with E-state index in [1.807, 2.05) is 13.8 Å². The minimum atomic E-state index is -0.825. The summed E-state index contributed by atoms with van der Waals surface area (Å²) in [5, 5.41) is 3.33. The minimum absolute atomic E-state index is 0.0321. The van der Waals surface area contributed by atoms with Gasteiger partial charge in [0.05, 0.1) is 24.8 Å². The molecule has 2 aliphatic rings. The Labute approximate surface area is 190 Å². The van der Waals surface area contributed by atoms with Gasteiger partial charge in [-0.25, -0.2) is 13.8 Å². The third-order valence-electron chi connectivity index (χ3n) is 6.22. The van der Waals surface area contributed by atoms with Crippen LogP contribution in [0.3, 0.4) is 0 Å². The normalized spacial score (nSPS) is 22.0. The first kappa shape index (κ1) is 22.9. The Bertz CT molecular complexity index is 983. The van der Waals surface area contributed by atoms with Crippen molar-refractivity contribution >= 4 is 28.1 Å². The zero-order chi connectivity index (χ0) is 23.0. The number of carbonyl (C=O) groups is 1. The standard InChI is InChI=1S/C23H29F2N3O3S/c1-5-18-19(27-22(32-18)28-11-23(3,12-28)30-4)21(29)26-14-9-16(24)20(17(25)10-14)31-15-7-6-13(2)8-15/h9-10,13,15H,5-8,11-12H2,1-4H3,(H,26,29). The number of aromatic nitrogens is 1. The van der Waals surface area contributed by atoms with Crippen LogP contribution < -0.4 is 15.0 Å². The highest BCUT2D eigenvalue weighted by molar-refractivity contribution is 7.16. The molecule has 1 aliphatic heterocycles. The number of rotatable bonds is 7.